The average molecular weight is 266 g/mol. The Bertz CT molecular complexity index is 525. The molecule has 18 heavy (non-hydrogen) atoms. The van der Waals surface area contributed by atoms with Crippen LogP contribution in [0, 0.1) is 6.92 Å². The Morgan fingerprint density at radius 1 is 1.33 bits per heavy atom. The van der Waals surface area contributed by atoms with Crippen LogP contribution in [0.25, 0.3) is 11.5 Å². The van der Waals surface area contributed by atoms with Gasteiger partial charge in [0, 0.05) is 23.6 Å². The van der Waals surface area contributed by atoms with Crippen LogP contribution in [0.5, 0.6) is 0 Å². The van der Waals surface area contributed by atoms with E-state index < -0.39 is 0 Å². The highest BCUT2D eigenvalue weighted by atomic mass is 35.5. The Balaban J connectivity index is 2.11. The molecule has 2 aromatic rings. The smallest absolute Gasteiger partial charge is 0.247 e. The largest absolute Gasteiger partial charge is 0.421 e. The van der Waals surface area contributed by atoms with Crippen LogP contribution >= 0.6 is 11.6 Å². The van der Waals surface area contributed by atoms with Gasteiger partial charge in [0.1, 0.15) is 0 Å². The van der Waals surface area contributed by atoms with Crippen LogP contribution in [0.3, 0.4) is 0 Å². The minimum Gasteiger partial charge on any atom is -0.421 e. The van der Waals surface area contributed by atoms with Crippen molar-refractivity contribution in [2.75, 3.05) is 13.1 Å². The zero-order chi connectivity index (χ0) is 13.0. The zero-order valence-electron chi connectivity index (χ0n) is 10.5. The second-order valence-electron chi connectivity index (χ2n) is 4.07. The van der Waals surface area contributed by atoms with Gasteiger partial charge in [-0.15, -0.1) is 10.2 Å². The van der Waals surface area contributed by atoms with Gasteiger partial charge in [-0.2, -0.15) is 0 Å². The predicted molar refractivity (Wildman–Crippen MR) is 71.7 cm³/mol. The zero-order valence-corrected chi connectivity index (χ0v) is 11.3. The van der Waals surface area contributed by atoms with Crippen molar-refractivity contribution < 1.29 is 4.42 Å². The highest BCUT2D eigenvalue weighted by molar-refractivity contribution is 6.31. The van der Waals surface area contributed by atoms with Crippen LogP contribution in [-0.2, 0) is 6.42 Å². The molecule has 1 aromatic carbocycles. The fourth-order valence-corrected chi connectivity index (χ4v) is 1.75. The molecule has 0 fully saturated rings. The van der Waals surface area contributed by atoms with Crippen LogP contribution in [0.15, 0.2) is 22.6 Å². The van der Waals surface area contributed by atoms with Crippen molar-refractivity contribution in [2.45, 2.75) is 20.3 Å². The second-order valence-corrected chi connectivity index (χ2v) is 4.48. The summed E-state index contributed by atoms with van der Waals surface area (Å²) >= 11 is 6.07. The molecule has 0 aliphatic heterocycles. The fourth-order valence-electron chi connectivity index (χ4n) is 1.57. The Labute approximate surface area is 111 Å². The molecule has 0 atom stereocenters. The maximum absolute atomic E-state index is 6.07. The Morgan fingerprint density at radius 3 is 2.89 bits per heavy atom. The first-order chi connectivity index (χ1) is 8.70. The molecule has 5 heteroatoms. The highest BCUT2D eigenvalue weighted by Crippen LogP contribution is 2.24. The number of hydrogen-bond donors (Lipinski definition) is 1. The number of hydrogen-bond acceptors (Lipinski definition) is 4. The summed E-state index contributed by atoms with van der Waals surface area (Å²) in [5, 5.41) is 12.0. The molecule has 4 nitrogen and oxygen atoms in total. The summed E-state index contributed by atoms with van der Waals surface area (Å²) in [6.45, 7) is 5.80. The summed E-state index contributed by atoms with van der Waals surface area (Å²) in [4.78, 5) is 0. The number of benzene rings is 1. The molecule has 1 heterocycles. The van der Waals surface area contributed by atoms with Gasteiger partial charge >= 0.3 is 0 Å². The Hall–Kier alpha value is -1.39. The summed E-state index contributed by atoms with van der Waals surface area (Å²) < 4.78 is 5.59. The minimum absolute atomic E-state index is 0.517. The molecule has 0 bridgehead atoms. The molecule has 0 amide bonds. The third-order valence-corrected chi connectivity index (χ3v) is 3.06. The third kappa shape index (κ3) is 3.09. The lowest BCUT2D eigenvalue weighted by molar-refractivity contribution is 0.496. The molecule has 0 saturated heterocycles. The van der Waals surface area contributed by atoms with Crippen molar-refractivity contribution in [3.05, 3.63) is 34.7 Å². The van der Waals surface area contributed by atoms with E-state index in [0.717, 1.165) is 30.6 Å². The molecule has 0 aliphatic carbocycles. The maximum Gasteiger partial charge on any atom is 0.247 e. The SMILES string of the molecule is CCNCCc1nnc(-c2ccc(C)c(Cl)c2)o1. The minimum atomic E-state index is 0.517. The van der Waals surface area contributed by atoms with E-state index >= 15 is 0 Å². The van der Waals surface area contributed by atoms with Crippen LogP contribution in [0.4, 0.5) is 0 Å². The van der Waals surface area contributed by atoms with Gasteiger partial charge in [0.15, 0.2) is 0 Å². The van der Waals surface area contributed by atoms with Gasteiger partial charge in [-0.05, 0) is 31.2 Å². The quantitative estimate of drug-likeness (QED) is 0.845. The van der Waals surface area contributed by atoms with Gasteiger partial charge in [0.05, 0.1) is 0 Å². The van der Waals surface area contributed by atoms with E-state index in [0.29, 0.717) is 16.8 Å². The van der Waals surface area contributed by atoms with Crippen molar-refractivity contribution in [1.82, 2.24) is 15.5 Å². The Morgan fingerprint density at radius 2 is 2.17 bits per heavy atom. The van der Waals surface area contributed by atoms with Gasteiger partial charge in [-0.25, -0.2) is 0 Å². The van der Waals surface area contributed by atoms with Crippen molar-refractivity contribution in [3.8, 4) is 11.5 Å². The fraction of sp³-hybridized carbons (Fsp3) is 0.385. The van der Waals surface area contributed by atoms with Crippen molar-refractivity contribution >= 4 is 11.6 Å². The highest BCUT2D eigenvalue weighted by Gasteiger charge is 2.09. The molecule has 1 N–H and O–H groups in total. The molecule has 0 radical (unpaired) electrons. The summed E-state index contributed by atoms with van der Waals surface area (Å²) in [6.07, 6.45) is 0.737. The molecule has 1 aromatic heterocycles. The number of nitrogens with one attached hydrogen (secondary N) is 1. The number of halogens is 1. The topological polar surface area (TPSA) is 51.0 Å². The van der Waals surface area contributed by atoms with Gasteiger partial charge in [-0.3, -0.25) is 0 Å². The lowest BCUT2D eigenvalue weighted by Crippen LogP contribution is -2.16. The van der Waals surface area contributed by atoms with E-state index in [2.05, 4.69) is 22.4 Å². The van der Waals surface area contributed by atoms with Crippen molar-refractivity contribution in [2.24, 2.45) is 0 Å². The summed E-state index contributed by atoms with van der Waals surface area (Å²) in [7, 11) is 0. The van der Waals surface area contributed by atoms with E-state index in [9.17, 15) is 0 Å². The van der Waals surface area contributed by atoms with Gasteiger partial charge in [0.25, 0.3) is 0 Å². The van der Waals surface area contributed by atoms with E-state index in [1.165, 1.54) is 0 Å². The number of likely N-dealkylation sites (N-methyl/N-ethyl adjacent to an activating group) is 1. The number of aromatic nitrogens is 2. The molecular weight excluding hydrogens is 250 g/mol. The summed E-state index contributed by atoms with van der Waals surface area (Å²) in [6, 6.07) is 5.72. The first-order valence-electron chi connectivity index (χ1n) is 6.00. The van der Waals surface area contributed by atoms with Crippen LogP contribution in [-0.4, -0.2) is 23.3 Å². The van der Waals surface area contributed by atoms with Gasteiger partial charge < -0.3 is 9.73 Å². The third-order valence-electron chi connectivity index (χ3n) is 2.65. The number of aryl methyl sites for hydroxylation is 1. The van der Waals surface area contributed by atoms with Crippen molar-refractivity contribution in [3.63, 3.8) is 0 Å². The molecule has 0 saturated carbocycles. The first kappa shape index (κ1) is 13.1. The molecular formula is C13H16ClN3O. The normalized spacial score (nSPS) is 10.8. The van der Waals surface area contributed by atoms with E-state index in [4.69, 9.17) is 16.0 Å². The van der Waals surface area contributed by atoms with Gasteiger partial charge in [0.2, 0.25) is 11.8 Å². The first-order valence-corrected chi connectivity index (χ1v) is 6.38. The van der Waals surface area contributed by atoms with E-state index in [1.807, 2.05) is 25.1 Å². The molecule has 96 valence electrons. The monoisotopic (exact) mass is 265 g/mol. The lowest BCUT2D eigenvalue weighted by atomic mass is 10.1. The second kappa shape index (κ2) is 5.98. The van der Waals surface area contributed by atoms with Gasteiger partial charge in [-0.1, -0.05) is 24.6 Å². The average Bonchev–Trinajstić information content (AvgIpc) is 2.82. The number of nitrogens with zero attached hydrogens (tertiary/aromatic N) is 2. The van der Waals surface area contributed by atoms with E-state index in [-0.39, 0.29) is 0 Å². The summed E-state index contributed by atoms with van der Waals surface area (Å²) in [5.74, 6) is 1.16. The van der Waals surface area contributed by atoms with Crippen LogP contribution in [0.1, 0.15) is 18.4 Å². The molecule has 0 spiro atoms. The number of rotatable bonds is 5. The predicted octanol–water partition coefficient (Wildman–Crippen LogP) is 2.85. The summed E-state index contributed by atoms with van der Waals surface area (Å²) in [5.41, 5.74) is 1.89. The Kier molecular flexibility index (Phi) is 4.33. The molecule has 2 rings (SSSR count). The lowest BCUT2D eigenvalue weighted by Gasteiger charge is -1.99. The molecule has 0 aliphatic rings. The molecule has 0 unspecified atom stereocenters. The maximum atomic E-state index is 6.07. The van der Waals surface area contributed by atoms with Crippen LogP contribution in [0.2, 0.25) is 5.02 Å². The van der Waals surface area contributed by atoms with Crippen LogP contribution < -0.4 is 5.32 Å². The van der Waals surface area contributed by atoms with Crippen molar-refractivity contribution in [1.29, 1.82) is 0 Å². The standard InChI is InChI=1S/C13H16ClN3O/c1-3-15-7-6-12-16-17-13(18-12)10-5-4-9(2)11(14)8-10/h4-5,8,15H,3,6-7H2,1-2H3. The van der Waals surface area contributed by atoms with E-state index in [1.54, 1.807) is 0 Å².